The summed E-state index contributed by atoms with van der Waals surface area (Å²) >= 11 is 0. The van der Waals surface area contributed by atoms with E-state index in [2.05, 4.69) is 11.9 Å². The van der Waals surface area contributed by atoms with Crippen molar-refractivity contribution in [1.29, 1.82) is 0 Å². The number of carbonyl (C=O) groups excluding carboxylic acids is 1. The molecule has 0 bridgehead atoms. The van der Waals surface area contributed by atoms with Crippen LogP contribution in [0.2, 0.25) is 0 Å². The lowest BCUT2D eigenvalue weighted by atomic mass is 10.0. The van der Waals surface area contributed by atoms with Gasteiger partial charge in [0, 0.05) is 20.4 Å². The van der Waals surface area contributed by atoms with Gasteiger partial charge in [0.15, 0.2) is 0 Å². The lowest BCUT2D eigenvalue weighted by molar-refractivity contribution is 0.0711. The molecule has 1 heterocycles. The Morgan fingerprint density at radius 2 is 1.92 bits per heavy atom. The largest absolute Gasteiger partial charge is 0.490 e. The molecular weight excluding hydrogens is 316 g/mol. The van der Waals surface area contributed by atoms with E-state index in [1.807, 2.05) is 43.4 Å². The van der Waals surface area contributed by atoms with Gasteiger partial charge in [-0.2, -0.15) is 0 Å². The van der Waals surface area contributed by atoms with Gasteiger partial charge in [0.05, 0.1) is 23.9 Å². The maximum atomic E-state index is 13.1. The van der Waals surface area contributed by atoms with E-state index in [1.165, 1.54) is 0 Å². The average Bonchev–Trinajstić information content (AvgIpc) is 2.66. The molecule has 5 nitrogen and oxygen atoms in total. The summed E-state index contributed by atoms with van der Waals surface area (Å²) < 4.78 is 10.7. The first-order valence-electron chi connectivity index (χ1n) is 8.57. The van der Waals surface area contributed by atoms with E-state index in [9.17, 15) is 4.79 Å². The zero-order valence-electron chi connectivity index (χ0n) is 15.1. The van der Waals surface area contributed by atoms with Gasteiger partial charge in [-0.3, -0.25) is 9.78 Å². The van der Waals surface area contributed by atoms with Crippen LogP contribution in [0.25, 0.3) is 0 Å². The molecule has 0 radical (unpaired) electrons. The second kappa shape index (κ2) is 9.79. The molecule has 25 heavy (non-hydrogen) atoms. The van der Waals surface area contributed by atoms with Crippen LogP contribution in [0.4, 0.5) is 0 Å². The number of nitrogens with zero attached hydrogens (tertiary/aromatic N) is 2. The van der Waals surface area contributed by atoms with Crippen LogP contribution in [0.3, 0.4) is 0 Å². The Kier molecular flexibility index (Phi) is 7.41. The molecule has 0 fully saturated rings. The lowest BCUT2D eigenvalue weighted by Gasteiger charge is -2.28. The van der Waals surface area contributed by atoms with E-state index in [1.54, 1.807) is 24.3 Å². The smallest absolute Gasteiger partial charge is 0.257 e. The molecule has 0 N–H and O–H groups in total. The number of amides is 1. The third-order valence-electron chi connectivity index (χ3n) is 4.04. The number of hydrogen-bond donors (Lipinski definition) is 0. The SMILES string of the molecule is CCC[C@@H](c1ccccn1)N(C)C(=O)c1ccccc1OCCOC. The third kappa shape index (κ3) is 5.03. The van der Waals surface area contributed by atoms with Crippen LogP contribution >= 0.6 is 0 Å². The first kappa shape index (κ1) is 18.9. The molecule has 134 valence electrons. The van der Waals surface area contributed by atoms with E-state index < -0.39 is 0 Å². The number of rotatable bonds is 9. The highest BCUT2D eigenvalue weighted by Gasteiger charge is 2.25. The lowest BCUT2D eigenvalue weighted by Crippen LogP contribution is -2.32. The Morgan fingerprint density at radius 1 is 1.16 bits per heavy atom. The maximum absolute atomic E-state index is 13.1. The summed E-state index contributed by atoms with van der Waals surface area (Å²) in [7, 11) is 3.44. The Balaban J connectivity index is 2.23. The number of hydrogen-bond acceptors (Lipinski definition) is 4. The van der Waals surface area contributed by atoms with E-state index in [4.69, 9.17) is 9.47 Å². The molecule has 2 rings (SSSR count). The summed E-state index contributed by atoms with van der Waals surface area (Å²) in [4.78, 5) is 19.3. The number of ether oxygens (including phenoxy) is 2. The Labute approximate surface area is 149 Å². The minimum Gasteiger partial charge on any atom is -0.490 e. The summed E-state index contributed by atoms with van der Waals surface area (Å²) in [5.41, 5.74) is 1.45. The zero-order chi connectivity index (χ0) is 18.1. The van der Waals surface area contributed by atoms with Gasteiger partial charge >= 0.3 is 0 Å². The van der Waals surface area contributed by atoms with Crippen molar-refractivity contribution < 1.29 is 14.3 Å². The van der Waals surface area contributed by atoms with Crippen LogP contribution in [-0.2, 0) is 4.74 Å². The molecule has 0 aliphatic carbocycles. The number of carbonyl (C=O) groups is 1. The molecule has 0 aliphatic rings. The molecule has 1 aromatic heterocycles. The van der Waals surface area contributed by atoms with Crippen LogP contribution in [-0.4, -0.2) is 43.2 Å². The van der Waals surface area contributed by atoms with Crippen LogP contribution in [0.15, 0.2) is 48.7 Å². The van der Waals surface area contributed by atoms with Crippen molar-refractivity contribution in [3.63, 3.8) is 0 Å². The fraction of sp³-hybridized carbons (Fsp3) is 0.400. The molecular formula is C20H26N2O3. The summed E-state index contributed by atoms with van der Waals surface area (Å²) in [6, 6.07) is 13.0. The van der Waals surface area contributed by atoms with Crippen LogP contribution < -0.4 is 4.74 Å². The van der Waals surface area contributed by atoms with Crippen molar-refractivity contribution in [2.45, 2.75) is 25.8 Å². The van der Waals surface area contributed by atoms with Gasteiger partial charge < -0.3 is 14.4 Å². The van der Waals surface area contributed by atoms with Crippen LogP contribution in [0.1, 0.15) is 41.9 Å². The second-order valence-corrected chi connectivity index (χ2v) is 5.81. The van der Waals surface area contributed by atoms with Crippen molar-refractivity contribution in [3.05, 3.63) is 59.9 Å². The van der Waals surface area contributed by atoms with Crippen molar-refractivity contribution in [2.75, 3.05) is 27.4 Å². The highest BCUT2D eigenvalue weighted by Crippen LogP contribution is 2.27. The van der Waals surface area contributed by atoms with Crippen LogP contribution in [0, 0.1) is 0 Å². The molecule has 0 saturated carbocycles. The van der Waals surface area contributed by atoms with Crippen molar-refractivity contribution in [2.24, 2.45) is 0 Å². The van der Waals surface area contributed by atoms with E-state index in [0.29, 0.717) is 24.5 Å². The summed E-state index contributed by atoms with van der Waals surface area (Å²) in [6.45, 7) is 2.99. The maximum Gasteiger partial charge on any atom is 0.257 e. The van der Waals surface area contributed by atoms with Gasteiger partial charge in [-0.25, -0.2) is 0 Å². The van der Waals surface area contributed by atoms with Crippen molar-refractivity contribution >= 4 is 5.91 Å². The molecule has 0 aliphatic heterocycles. The fourth-order valence-electron chi connectivity index (χ4n) is 2.72. The fourth-order valence-corrected chi connectivity index (χ4v) is 2.72. The number of methoxy groups -OCH3 is 1. The molecule has 2 aromatic rings. The third-order valence-corrected chi connectivity index (χ3v) is 4.04. The standard InChI is InChI=1S/C20H26N2O3/c1-4-9-18(17-11-7-8-13-21-17)22(2)20(23)16-10-5-6-12-19(16)25-15-14-24-3/h5-8,10-13,18H,4,9,14-15H2,1-3H3/t18-/m0/s1. The molecule has 0 saturated heterocycles. The number of para-hydroxylation sites is 1. The summed E-state index contributed by atoms with van der Waals surface area (Å²) in [5, 5.41) is 0. The molecule has 1 amide bonds. The Morgan fingerprint density at radius 3 is 2.60 bits per heavy atom. The number of pyridine rings is 1. The predicted molar refractivity (Wildman–Crippen MR) is 97.8 cm³/mol. The van der Waals surface area contributed by atoms with Crippen LogP contribution in [0.5, 0.6) is 5.75 Å². The van der Waals surface area contributed by atoms with Crippen molar-refractivity contribution in [1.82, 2.24) is 9.88 Å². The number of benzene rings is 1. The topological polar surface area (TPSA) is 51.7 Å². The Bertz CT molecular complexity index is 661. The summed E-state index contributed by atoms with van der Waals surface area (Å²) in [5.74, 6) is 0.504. The van der Waals surface area contributed by atoms with Gasteiger partial charge in [0.25, 0.3) is 5.91 Å². The minimum absolute atomic E-state index is 0.0641. The Hall–Kier alpha value is -2.40. The van der Waals surface area contributed by atoms with Gasteiger partial charge in [0.2, 0.25) is 0 Å². The predicted octanol–water partition coefficient (Wildman–Crippen LogP) is 3.72. The monoisotopic (exact) mass is 342 g/mol. The normalized spacial score (nSPS) is 11.8. The molecule has 5 heteroatoms. The zero-order valence-corrected chi connectivity index (χ0v) is 15.1. The first-order chi connectivity index (χ1) is 12.2. The van der Waals surface area contributed by atoms with Gasteiger partial charge in [0.1, 0.15) is 12.4 Å². The van der Waals surface area contributed by atoms with Crippen molar-refractivity contribution in [3.8, 4) is 5.75 Å². The summed E-state index contributed by atoms with van der Waals surface area (Å²) in [6.07, 6.45) is 3.58. The second-order valence-electron chi connectivity index (χ2n) is 5.81. The molecule has 0 spiro atoms. The van der Waals surface area contributed by atoms with Gasteiger partial charge in [-0.15, -0.1) is 0 Å². The van der Waals surface area contributed by atoms with E-state index in [0.717, 1.165) is 18.5 Å². The quantitative estimate of drug-likeness (QED) is 0.652. The van der Waals surface area contributed by atoms with E-state index >= 15 is 0 Å². The first-order valence-corrected chi connectivity index (χ1v) is 8.57. The molecule has 1 atom stereocenters. The molecule has 0 unspecified atom stereocenters. The highest BCUT2D eigenvalue weighted by molar-refractivity contribution is 5.97. The van der Waals surface area contributed by atoms with E-state index in [-0.39, 0.29) is 11.9 Å². The van der Waals surface area contributed by atoms with Gasteiger partial charge in [-0.1, -0.05) is 31.5 Å². The van der Waals surface area contributed by atoms with Gasteiger partial charge in [-0.05, 0) is 30.7 Å². The average molecular weight is 342 g/mol. The number of aromatic nitrogens is 1. The highest BCUT2D eigenvalue weighted by atomic mass is 16.5. The minimum atomic E-state index is -0.0721. The molecule has 1 aromatic carbocycles.